The molecule has 1 aromatic carbocycles. The van der Waals surface area contributed by atoms with Crippen molar-refractivity contribution in [2.45, 2.75) is 38.1 Å². The summed E-state index contributed by atoms with van der Waals surface area (Å²) in [6.07, 6.45) is 5.12. The van der Waals surface area contributed by atoms with Crippen LogP contribution in [0.1, 0.15) is 41.6 Å². The SMILES string of the molecule is Cl.N[C@H]1CCC[C@H]1CCc1cc(Cl)ccc1C(=O)O. The van der Waals surface area contributed by atoms with Crippen molar-refractivity contribution in [1.82, 2.24) is 0 Å². The standard InChI is InChI=1S/C14H18ClNO2.ClH/c15-11-6-7-12(14(17)18)10(8-11)5-4-9-2-1-3-13(9)16;/h6-9,13H,1-5,16H2,(H,17,18);1H/t9-,13-;/m0./s1. The summed E-state index contributed by atoms with van der Waals surface area (Å²) in [7, 11) is 0. The van der Waals surface area contributed by atoms with Crippen LogP contribution in [0.25, 0.3) is 0 Å². The van der Waals surface area contributed by atoms with Crippen LogP contribution in [0.3, 0.4) is 0 Å². The molecule has 1 aromatic rings. The first-order valence-electron chi connectivity index (χ1n) is 6.35. The molecule has 1 aliphatic carbocycles. The summed E-state index contributed by atoms with van der Waals surface area (Å²) < 4.78 is 0. The molecule has 2 rings (SSSR count). The maximum Gasteiger partial charge on any atom is 0.335 e. The van der Waals surface area contributed by atoms with E-state index in [1.54, 1.807) is 18.2 Å². The molecule has 1 fully saturated rings. The van der Waals surface area contributed by atoms with E-state index in [-0.39, 0.29) is 18.4 Å². The molecule has 0 aliphatic heterocycles. The van der Waals surface area contributed by atoms with E-state index < -0.39 is 5.97 Å². The van der Waals surface area contributed by atoms with Gasteiger partial charge in [-0.15, -0.1) is 12.4 Å². The first kappa shape index (κ1) is 16.3. The number of nitrogens with two attached hydrogens (primary N) is 1. The van der Waals surface area contributed by atoms with Crippen LogP contribution >= 0.6 is 24.0 Å². The molecule has 2 atom stereocenters. The lowest BCUT2D eigenvalue weighted by Crippen LogP contribution is -2.24. The number of aryl methyl sites for hydroxylation is 1. The molecule has 0 heterocycles. The average Bonchev–Trinajstić information content (AvgIpc) is 2.72. The highest BCUT2D eigenvalue weighted by Crippen LogP contribution is 2.29. The molecule has 3 N–H and O–H groups in total. The number of aromatic carboxylic acids is 1. The summed E-state index contributed by atoms with van der Waals surface area (Å²) in [6.45, 7) is 0. The van der Waals surface area contributed by atoms with Crippen LogP contribution in [0.5, 0.6) is 0 Å². The number of rotatable bonds is 4. The van der Waals surface area contributed by atoms with Crippen molar-refractivity contribution in [2.24, 2.45) is 11.7 Å². The monoisotopic (exact) mass is 303 g/mol. The van der Waals surface area contributed by atoms with E-state index in [0.717, 1.165) is 31.2 Å². The van der Waals surface area contributed by atoms with Gasteiger partial charge in [0.05, 0.1) is 5.56 Å². The quantitative estimate of drug-likeness (QED) is 0.894. The Morgan fingerprint density at radius 3 is 2.74 bits per heavy atom. The topological polar surface area (TPSA) is 63.3 Å². The fourth-order valence-corrected chi connectivity index (χ4v) is 2.94. The molecule has 0 radical (unpaired) electrons. The highest BCUT2D eigenvalue weighted by molar-refractivity contribution is 6.30. The molecular weight excluding hydrogens is 285 g/mol. The Morgan fingerprint density at radius 2 is 2.16 bits per heavy atom. The molecule has 0 unspecified atom stereocenters. The summed E-state index contributed by atoms with van der Waals surface area (Å²) in [5.74, 6) is -0.372. The van der Waals surface area contributed by atoms with E-state index in [4.69, 9.17) is 22.4 Å². The van der Waals surface area contributed by atoms with Crippen molar-refractivity contribution in [3.63, 3.8) is 0 Å². The van der Waals surface area contributed by atoms with E-state index in [1.807, 2.05) is 0 Å². The Hall–Kier alpha value is -0.770. The van der Waals surface area contributed by atoms with E-state index in [0.29, 0.717) is 16.5 Å². The van der Waals surface area contributed by atoms with Crippen molar-refractivity contribution in [3.05, 3.63) is 34.3 Å². The van der Waals surface area contributed by atoms with Gasteiger partial charge in [-0.2, -0.15) is 0 Å². The highest BCUT2D eigenvalue weighted by Gasteiger charge is 2.24. The van der Waals surface area contributed by atoms with Crippen LogP contribution in [0, 0.1) is 5.92 Å². The normalized spacial score (nSPS) is 22.0. The highest BCUT2D eigenvalue weighted by atomic mass is 35.5. The van der Waals surface area contributed by atoms with E-state index in [1.165, 1.54) is 6.42 Å². The zero-order valence-electron chi connectivity index (χ0n) is 10.6. The van der Waals surface area contributed by atoms with Crippen LogP contribution in [0.2, 0.25) is 5.02 Å². The van der Waals surface area contributed by atoms with E-state index >= 15 is 0 Å². The number of carboxylic acid groups (broad SMARTS) is 1. The van der Waals surface area contributed by atoms with Gasteiger partial charge in [0.15, 0.2) is 0 Å². The molecule has 106 valence electrons. The second-order valence-corrected chi connectivity index (χ2v) is 5.44. The molecule has 5 heteroatoms. The van der Waals surface area contributed by atoms with Crippen molar-refractivity contribution in [3.8, 4) is 0 Å². The van der Waals surface area contributed by atoms with Crippen LogP contribution in [-0.2, 0) is 6.42 Å². The molecule has 0 aromatic heterocycles. The first-order chi connectivity index (χ1) is 8.58. The van der Waals surface area contributed by atoms with Crippen molar-refractivity contribution < 1.29 is 9.90 Å². The van der Waals surface area contributed by atoms with Gasteiger partial charge in [0.25, 0.3) is 0 Å². The van der Waals surface area contributed by atoms with Gasteiger partial charge in [0.1, 0.15) is 0 Å². The van der Waals surface area contributed by atoms with Gasteiger partial charge in [-0.05, 0) is 55.4 Å². The van der Waals surface area contributed by atoms with Gasteiger partial charge in [-0.25, -0.2) is 4.79 Å². The fourth-order valence-electron chi connectivity index (χ4n) is 2.74. The molecule has 0 spiro atoms. The van der Waals surface area contributed by atoms with Crippen LogP contribution in [0.15, 0.2) is 18.2 Å². The molecule has 0 amide bonds. The summed E-state index contributed by atoms with van der Waals surface area (Å²) in [5, 5.41) is 9.72. The third kappa shape index (κ3) is 4.10. The maximum atomic E-state index is 11.1. The number of hydrogen-bond acceptors (Lipinski definition) is 2. The first-order valence-corrected chi connectivity index (χ1v) is 6.73. The Balaban J connectivity index is 0.00000180. The summed E-state index contributed by atoms with van der Waals surface area (Å²) in [5.41, 5.74) is 7.20. The molecular formula is C14H19Cl2NO2. The molecule has 1 aliphatic rings. The van der Waals surface area contributed by atoms with Gasteiger partial charge in [0.2, 0.25) is 0 Å². The van der Waals surface area contributed by atoms with Gasteiger partial charge >= 0.3 is 5.97 Å². The van der Waals surface area contributed by atoms with E-state index in [2.05, 4.69) is 0 Å². The predicted molar refractivity (Wildman–Crippen MR) is 79.3 cm³/mol. The lowest BCUT2D eigenvalue weighted by Gasteiger charge is -2.15. The molecule has 0 saturated heterocycles. The third-order valence-electron chi connectivity index (χ3n) is 3.80. The van der Waals surface area contributed by atoms with Crippen LogP contribution in [-0.4, -0.2) is 17.1 Å². The second kappa shape index (κ2) is 7.13. The zero-order chi connectivity index (χ0) is 13.1. The summed E-state index contributed by atoms with van der Waals surface area (Å²) in [4.78, 5) is 11.1. The van der Waals surface area contributed by atoms with Gasteiger partial charge in [-0.3, -0.25) is 0 Å². The predicted octanol–water partition coefficient (Wildman–Crippen LogP) is 3.52. The molecule has 0 bridgehead atoms. The summed E-state index contributed by atoms with van der Waals surface area (Å²) in [6, 6.07) is 5.23. The summed E-state index contributed by atoms with van der Waals surface area (Å²) >= 11 is 5.93. The van der Waals surface area contributed by atoms with Gasteiger partial charge in [-0.1, -0.05) is 18.0 Å². The Kier molecular flexibility index (Phi) is 6.11. The maximum absolute atomic E-state index is 11.1. The van der Waals surface area contributed by atoms with Crippen molar-refractivity contribution in [1.29, 1.82) is 0 Å². The zero-order valence-corrected chi connectivity index (χ0v) is 12.2. The number of halogens is 2. The van der Waals surface area contributed by atoms with Crippen LogP contribution in [0.4, 0.5) is 0 Å². The largest absolute Gasteiger partial charge is 0.478 e. The van der Waals surface area contributed by atoms with Gasteiger partial charge in [0, 0.05) is 11.1 Å². The minimum absolute atomic E-state index is 0. The van der Waals surface area contributed by atoms with Gasteiger partial charge < -0.3 is 10.8 Å². The van der Waals surface area contributed by atoms with Crippen molar-refractivity contribution >= 4 is 30.0 Å². The Morgan fingerprint density at radius 1 is 1.42 bits per heavy atom. The lowest BCUT2D eigenvalue weighted by atomic mass is 9.93. The average molecular weight is 304 g/mol. The Labute approximate surface area is 124 Å². The third-order valence-corrected chi connectivity index (χ3v) is 4.04. The number of carbonyl (C=O) groups is 1. The number of hydrogen-bond donors (Lipinski definition) is 2. The van der Waals surface area contributed by atoms with Crippen LogP contribution < -0.4 is 5.73 Å². The Bertz CT molecular complexity index is 451. The minimum Gasteiger partial charge on any atom is -0.478 e. The fraction of sp³-hybridized carbons (Fsp3) is 0.500. The van der Waals surface area contributed by atoms with Crippen molar-refractivity contribution in [2.75, 3.05) is 0 Å². The number of benzene rings is 1. The van der Waals surface area contributed by atoms with E-state index in [9.17, 15) is 4.79 Å². The smallest absolute Gasteiger partial charge is 0.335 e. The molecule has 3 nitrogen and oxygen atoms in total. The number of carboxylic acids is 1. The molecule has 1 saturated carbocycles. The molecule has 19 heavy (non-hydrogen) atoms. The lowest BCUT2D eigenvalue weighted by molar-refractivity contribution is 0.0695. The minimum atomic E-state index is -0.891. The second-order valence-electron chi connectivity index (χ2n) is 5.00.